The zero-order valence-electron chi connectivity index (χ0n) is 12.6. The molecule has 0 fully saturated rings. The van der Waals surface area contributed by atoms with E-state index in [1.165, 1.54) is 6.07 Å². The van der Waals surface area contributed by atoms with Crippen LogP contribution >= 0.6 is 0 Å². The second kappa shape index (κ2) is 8.92. The first kappa shape index (κ1) is 18.7. The van der Waals surface area contributed by atoms with Gasteiger partial charge in [0.05, 0.1) is 17.9 Å². The molecule has 6 nitrogen and oxygen atoms in total. The quantitative estimate of drug-likeness (QED) is 0.361. The molecule has 2 N–H and O–H groups in total. The molecule has 0 aromatic heterocycles. The number of unbranched alkanes of at least 4 members (excludes halogenated alkanes) is 2. The molecule has 0 aliphatic rings. The molecular formula is C14H21BO6S. The first-order valence-corrected chi connectivity index (χ1v) is 9.01. The van der Waals surface area contributed by atoms with E-state index in [2.05, 4.69) is 0 Å². The van der Waals surface area contributed by atoms with Crippen molar-refractivity contribution in [3.63, 3.8) is 0 Å². The number of hydrogen-bond donors (Lipinski definition) is 2. The number of aldehydes is 1. The Morgan fingerprint density at radius 1 is 1.23 bits per heavy atom. The lowest BCUT2D eigenvalue weighted by molar-refractivity contribution is 0.112. The highest BCUT2D eigenvalue weighted by Gasteiger charge is 2.18. The Morgan fingerprint density at radius 2 is 1.95 bits per heavy atom. The highest BCUT2D eigenvalue weighted by Crippen LogP contribution is 2.15. The van der Waals surface area contributed by atoms with Crippen LogP contribution in [0.5, 0.6) is 5.75 Å². The van der Waals surface area contributed by atoms with E-state index in [9.17, 15) is 23.3 Å². The third kappa shape index (κ3) is 5.78. The van der Waals surface area contributed by atoms with Gasteiger partial charge in [0.2, 0.25) is 0 Å². The summed E-state index contributed by atoms with van der Waals surface area (Å²) < 4.78 is 28.1. The highest BCUT2D eigenvalue weighted by atomic mass is 32.2. The van der Waals surface area contributed by atoms with Crippen LogP contribution in [0.4, 0.5) is 0 Å². The molecule has 1 rings (SSSR count). The van der Waals surface area contributed by atoms with Crippen molar-refractivity contribution >= 4 is 28.7 Å². The minimum atomic E-state index is -2.93. The Balaban J connectivity index is 2.46. The molecule has 0 unspecified atom stereocenters. The van der Waals surface area contributed by atoms with Crippen LogP contribution in [0.1, 0.15) is 36.5 Å². The number of carbonyl (C=O) groups is 1. The molecule has 0 saturated heterocycles. The molecule has 0 aliphatic heterocycles. The van der Waals surface area contributed by atoms with Crippen LogP contribution in [0.15, 0.2) is 18.2 Å². The highest BCUT2D eigenvalue weighted by molar-refractivity contribution is 7.91. The Labute approximate surface area is 131 Å². The van der Waals surface area contributed by atoms with Gasteiger partial charge in [-0.15, -0.1) is 0 Å². The smallest absolute Gasteiger partial charge is 0.489 e. The van der Waals surface area contributed by atoms with E-state index in [0.717, 1.165) is 0 Å². The number of hydrogen-bond acceptors (Lipinski definition) is 6. The van der Waals surface area contributed by atoms with Gasteiger partial charge in [0.15, 0.2) is 6.29 Å². The van der Waals surface area contributed by atoms with Gasteiger partial charge in [0.25, 0.3) is 0 Å². The van der Waals surface area contributed by atoms with Crippen molar-refractivity contribution in [3.8, 4) is 5.75 Å². The Morgan fingerprint density at radius 3 is 2.55 bits per heavy atom. The van der Waals surface area contributed by atoms with Crippen molar-refractivity contribution in [1.82, 2.24) is 0 Å². The minimum Gasteiger partial charge on any atom is -0.493 e. The zero-order chi connectivity index (χ0) is 16.6. The largest absolute Gasteiger partial charge is 0.493 e. The minimum absolute atomic E-state index is 0.0986. The molecule has 8 heteroatoms. The summed E-state index contributed by atoms with van der Waals surface area (Å²) in [6, 6.07) is 4.60. The van der Waals surface area contributed by atoms with E-state index in [1.807, 2.05) is 0 Å². The van der Waals surface area contributed by atoms with Gasteiger partial charge < -0.3 is 14.8 Å². The lowest BCUT2D eigenvalue weighted by Gasteiger charge is -2.11. The maximum atomic E-state index is 11.3. The maximum absolute atomic E-state index is 11.3. The molecule has 1 aromatic carbocycles. The fourth-order valence-electron chi connectivity index (χ4n) is 1.97. The van der Waals surface area contributed by atoms with Crippen molar-refractivity contribution in [3.05, 3.63) is 23.8 Å². The summed E-state index contributed by atoms with van der Waals surface area (Å²) in [6.07, 6.45) is 2.47. The van der Waals surface area contributed by atoms with Gasteiger partial charge in [-0.3, -0.25) is 4.79 Å². The average molecular weight is 328 g/mol. The van der Waals surface area contributed by atoms with Crippen molar-refractivity contribution in [2.24, 2.45) is 0 Å². The van der Waals surface area contributed by atoms with E-state index < -0.39 is 17.0 Å². The Kier molecular flexibility index (Phi) is 7.57. The molecule has 22 heavy (non-hydrogen) atoms. The molecule has 0 aliphatic carbocycles. The van der Waals surface area contributed by atoms with Gasteiger partial charge in [-0.05, 0) is 30.8 Å². The molecule has 0 radical (unpaired) electrons. The molecule has 0 bridgehead atoms. The van der Waals surface area contributed by atoms with E-state index in [-0.39, 0.29) is 22.5 Å². The summed E-state index contributed by atoms with van der Waals surface area (Å²) in [5.74, 6) is 0.624. The van der Waals surface area contributed by atoms with Crippen LogP contribution in [0.25, 0.3) is 0 Å². The van der Waals surface area contributed by atoms with Gasteiger partial charge in [-0.2, -0.15) is 0 Å². The summed E-state index contributed by atoms with van der Waals surface area (Å²) >= 11 is 0. The normalized spacial score (nSPS) is 11.2. The monoisotopic (exact) mass is 328 g/mol. The second-order valence-corrected chi connectivity index (χ2v) is 7.37. The molecule has 1 aromatic rings. The molecule has 0 saturated carbocycles. The predicted molar refractivity (Wildman–Crippen MR) is 85.3 cm³/mol. The number of ether oxygens (including phenoxy) is 1. The van der Waals surface area contributed by atoms with Crippen molar-refractivity contribution < 1.29 is 28.0 Å². The van der Waals surface area contributed by atoms with Gasteiger partial charge in [-0.25, -0.2) is 8.42 Å². The molecule has 122 valence electrons. The van der Waals surface area contributed by atoms with Crippen LogP contribution in [-0.4, -0.2) is 50.0 Å². The summed E-state index contributed by atoms with van der Waals surface area (Å²) in [5.41, 5.74) is 0.215. The number of rotatable bonds is 10. The van der Waals surface area contributed by atoms with Crippen molar-refractivity contribution in [1.29, 1.82) is 0 Å². The molecular weight excluding hydrogens is 307 g/mol. The zero-order valence-corrected chi connectivity index (χ0v) is 13.4. The predicted octanol–water partition coefficient (Wildman–Crippen LogP) is 0.163. The lowest BCUT2D eigenvalue weighted by atomic mass is 9.77. The van der Waals surface area contributed by atoms with Gasteiger partial charge in [-0.1, -0.05) is 19.1 Å². The Hall–Kier alpha value is -1.38. The molecule has 0 amide bonds. The third-order valence-corrected chi connectivity index (χ3v) is 5.08. The van der Waals surface area contributed by atoms with Crippen LogP contribution in [-0.2, 0) is 9.84 Å². The van der Waals surface area contributed by atoms with Gasteiger partial charge >= 0.3 is 7.12 Å². The Bertz CT molecular complexity index is 585. The summed E-state index contributed by atoms with van der Waals surface area (Å²) in [4.78, 5) is 11.1. The number of benzene rings is 1. The van der Waals surface area contributed by atoms with Crippen LogP contribution < -0.4 is 10.2 Å². The SMILES string of the molecule is CCS(=O)(=O)CCCCCOc1cccc(B(O)O)c1C=O. The van der Waals surface area contributed by atoms with Crippen molar-refractivity contribution in [2.45, 2.75) is 26.2 Å². The van der Waals surface area contributed by atoms with Crippen LogP contribution in [0.2, 0.25) is 0 Å². The number of sulfone groups is 1. The lowest BCUT2D eigenvalue weighted by Crippen LogP contribution is -2.33. The van der Waals surface area contributed by atoms with Crippen molar-refractivity contribution in [2.75, 3.05) is 18.1 Å². The molecule has 0 atom stereocenters. The van der Waals surface area contributed by atoms with Gasteiger partial charge in [0, 0.05) is 5.75 Å². The third-order valence-electron chi connectivity index (χ3n) is 3.29. The number of carbonyl (C=O) groups excluding carboxylic acids is 1. The second-order valence-electron chi connectivity index (χ2n) is 4.90. The van der Waals surface area contributed by atoms with Crippen LogP contribution in [0.3, 0.4) is 0 Å². The first-order chi connectivity index (χ1) is 10.4. The van der Waals surface area contributed by atoms with E-state index in [1.54, 1.807) is 19.1 Å². The van der Waals surface area contributed by atoms with Crippen LogP contribution in [0, 0.1) is 0 Å². The standard InChI is InChI=1S/C14H21BO6S/c1-2-22(19,20)10-5-3-4-9-21-14-8-6-7-13(15(17)18)12(14)11-16/h6-8,11,17-18H,2-5,9-10H2,1H3. The van der Waals surface area contributed by atoms with E-state index in [4.69, 9.17) is 4.74 Å². The first-order valence-electron chi connectivity index (χ1n) is 7.18. The van der Waals surface area contributed by atoms with E-state index in [0.29, 0.717) is 37.9 Å². The summed E-state index contributed by atoms with van der Waals surface area (Å²) in [5, 5.41) is 18.4. The fraction of sp³-hybridized carbons (Fsp3) is 0.500. The topological polar surface area (TPSA) is 101 Å². The van der Waals surface area contributed by atoms with E-state index >= 15 is 0 Å². The summed E-state index contributed by atoms with van der Waals surface area (Å²) in [6.45, 7) is 1.96. The molecule has 0 heterocycles. The average Bonchev–Trinajstić information content (AvgIpc) is 2.50. The van der Waals surface area contributed by atoms with Gasteiger partial charge in [0.1, 0.15) is 15.6 Å². The maximum Gasteiger partial charge on any atom is 0.489 e. The molecule has 0 spiro atoms. The summed E-state index contributed by atoms with van der Waals surface area (Å²) in [7, 11) is -4.66. The fourth-order valence-corrected chi connectivity index (χ4v) is 2.90.